The number of aliphatic hydroxyl groups excluding tert-OH is 1. The number of amides is 2. The van der Waals surface area contributed by atoms with Crippen LogP contribution in [0.4, 0.5) is 11.4 Å². The van der Waals surface area contributed by atoms with Gasteiger partial charge in [-0.15, -0.1) is 11.3 Å². The molecular formula is C27H31N7O5S. The van der Waals surface area contributed by atoms with Crippen LogP contribution in [0.15, 0.2) is 43.0 Å². The Balaban J connectivity index is 1.29. The first kappa shape index (κ1) is 27.6. The molecule has 40 heavy (non-hydrogen) atoms. The van der Waals surface area contributed by atoms with Gasteiger partial charge < -0.3 is 25.2 Å². The molecule has 4 aromatic rings. The number of aliphatic hydroxyl groups is 1. The first-order valence-corrected chi connectivity index (χ1v) is 13.5. The van der Waals surface area contributed by atoms with E-state index in [1.807, 2.05) is 37.1 Å². The van der Waals surface area contributed by atoms with Crippen LogP contribution in [0, 0.1) is 6.92 Å². The van der Waals surface area contributed by atoms with Crippen molar-refractivity contribution in [3.8, 4) is 16.3 Å². The van der Waals surface area contributed by atoms with Gasteiger partial charge in [0, 0.05) is 25.5 Å². The molecule has 2 amide bonds. The Morgan fingerprint density at radius 2 is 2.10 bits per heavy atom. The lowest BCUT2D eigenvalue weighted by atomic mass is 10.1. The van der Waals surface area contributed by atoms with Crippen molar-refractivity contribution >= 4 is 39.4 Å². The molecule has 1 fully saturated rings. The molecule has 5 rings (SSSR count). The van der Waals surface area contributed by atoms with Crippen LogP contribution in [-0.2, 0) is 9.53 Å². The Morgan fingerprint density at radius 3 is 2.88 bits per heavy atom. The molecule has 13 heteroatoms. The number of nitrogens with zero attached hydrogens (tertiary/aromatic N) is 5. The molecule has 0 unspecified atom stereocenters. The van der Waals surface area contributed by atoms with Crippen molar-refractivity contribution < 1.29 is 24.2 Å². The molecule has 3 N–H and O–H groups in total. The summed E-state index contributed by atoms with van der Waals surface area (Å²) in [5.74, 6) is -0.0859. The minimum absolute atomic E-state index is 0.110. The van der Waals surface area contributed by atoms with Crippen molar-refractivity contribution in [2.75, 3.05) is 44.0 Å². The minimum Gasteiger partial charge on any atom is -0.481 e. The molecule has 0 saturated carbocycles. The summed E-state index contributed by atoms with van der Waals surface area (Å²) < 4.78 is 12.8. The topological polar surface area (TPSA) is 143 Å². The van der Waals surface area contributed by atoms with E-state index in [9.17, 15) is 14.7 Å². The van der Waals surface area contributed by atoms with E-state index in [4.69, 9.17) is 9.47 Å². The number of aryl methyl sites for hydroxylation is 1. The SMILES string of the molecule is COc1ncccc1-c1cn2ncc(C(=O)Nc3cc(NC(=O)CN4C[C@H](CO)OC(C)(C)C4)cnc3C)c2s1. The molecule has 1 saturated heterocycles. The summed E-state index contributed by atoms with van der Waals surface area (Å²) in [5.41, 5.74) is 2.27. The van der Waals surface area contributed by atoms with Gasteiger partial charge in [0.1, 0.15) is 4.83 Å². The summed E-state index contributed by atoms with van der Waals surface area (Å²) in [6.07, 6.45) is 6.21. The number of carbonyl (C=O) groups excluding carboxylic acids is 2. The fourth-order valence-electron chi connectivity index (χ4n) is 4.76. The smallest absolute Gasteiger partial charge is 0.260 e. The van der Waals surface area contributed by atoms with Crippen molar-refractivity contribution in [3.63, 3.8) is 0 Å². The third kappa shape index (κ3) is 5.97. The molecule has 0 aromatic carbocycles. The highest BCUT2D eigenvalue weighted by molar-refractivity contribution is 7.21. The van der Waals surface area contributed by atoms with Crippen LogP contribution in [0.5, 0.6) is 5.88 Å². The number of thiazole rings is 1. The molecule has 5 heterocycles. The van der Waals surface area contributed by atoms with Crippen LogP contribution < -0.4 is 15.4 Å². The second-order valence-electron chi connectivity index (χ2n) is 10.2. The molecular weight excluding hydrogens is 534 g/mol. The van der Waals surface area contributed by atoms with Crippen LogP contribution >= 0.6 is 11.3 Å². The normalized spacial score (nSPS) is 17.1. The van der Waals surface area contributed by atoms with Crippen molar-refractivity contribution in [2.45, 2.75) is 32.5 Å². The zero-order chi connectivity index (χ0) is 28.4. The van der Waals surface area contributed by atoms with Crippen molar-refractivity contribution in [3.05, 3.63) is 54.2 Å². The van der Waals surface area contributed by atoms with Gasteiger partial charge in [-0.05, 0) is 39.0 Å². The highest BCUT2D eigenvalue weighted by Gasteiger charge is 2.33. The Bertz CT molecular complexity index is 1550. The lowest BCUT2D eigenvalue weighted by molar-refractivity contribution is -0.151. The van der Waals surface area contributed by atoms with Crippen LogP contribution in [0.1, 0.15) is 29.9 Å². The zero-order valence-corrected chi connectivity index (χ0v) is 23.5. The van der Waals surface area contributed by atoms with Crippen molar-refractivity contribution in [2.24, 2.45) is 0 Å². The predicted octanol–water partition coefficient (Wildman–Crippen LogP) is 2.83. The maximum atomic E-state index is 13.3. The highest BCUT2D eigenvalue weighted by atomic mass is 32.1. The van der Waals surface area contributed by atoms with Gasteiger partial charge in [0.25, 0.3) is 5.91 Å². The molecule has 0 radical (unpaired) electrons. The third-order valence-electron chi connectivity index (χ3n) is 6.41. The number of ether oxygens (including phenoxy) is 2. The number of pyridine rings is 2. The summed E-state index contributed by atoms with van der Waals surface area (Å²) in [4.78, 5) is 38.2. The number of hydrogen-bond acceptors (Lipinski definition) is 10. The number of aromatic nitrogens is 4. The van der Waals surface area contributed by atoms with E-state index >= 15 is 0 Å². The van der Waals surface area contributed by atoms with Gasteiger partial charge in [-0.1, -0.05) is 0 Å². The monoisotopic (exact) mass is 565 g/mol. The average Bonchev–Trinajstić information content (AvgIpc) is 3.50. The molecule has 0 aliphatic carbocycles. The standard InChI is InChI=1S/C27H31N7O5S/c1-16-21(8-17(9-29-16)31-23(36)13-33-11-18(14-35)39-27(2,3)15-33)32-24(37)20-10-30-34-12-22(40-26(20)34)19-6-5-7-28-25(19)38-4/h5-10,12,18,35H,11,13-15H2,1-4H3,(H,31,36)(H,32,37)/t18-/m1/s1. The average molecular weight is 566 g/mol. The van der Waals surface area contributed by atoms with E-state index in [0.717, 1.165) is 10.4 Å². The second kappa shape index (κ2) is 11.3. The number of carbonyl (C=O) groups is 2. The largest absolute Gasteiger partial charge is 0.481 e. The van der Waals surface area contributed by atoms with E-state index in [1.165, 1.54) is 17.5 Å². The second-order valence-corrected chi connectivity index (χ2v) is 11.2. The maximum absolute atomic E-state index is 13.3. The Kier molecular flexibility index (Phi) is 7.81. The number of methoxy groups -OCH3 is 1. The van der Waals surface area contributed by atoms with Crippen molar-refractivity contribution in [1.82, 2.24) is 24.5 Å². The molecule has 1 atom stereocenters. The highest BCUT2D eigenvalue weighted by Crippen LogP contribution is 2.35. The Labute approximate surface area is 235 Å². The van der Waals surface area contributed by atoms with Crippen LogP contribution in [0.25, 0.3) is 15.3 Å². The number of anilines is 2. The fraction of sp³-hybridized carbons (Fsp3) is 0.370. The molecule has 0 spiro atoms. The lowest BCUT2D eigenvalue weighted by Gasteiger charge is -2.41. The van der Waals surface area contributed by atoms with E-state index in [0.29, 0.717) is 46.4 Å². The summed E-state index contributed by atoms with van der Waals surface area (Å²) in [6.45, 7) is 6.68. The van der Waals surface area contributed by atoms with Gasteiger partial charge in [-0.25, -0.2) is 9.50 Å². The van der Waals surface area contributed by atoms with E-state index in [1.54, 1.807) is 37.0 Å². The van der Waals surface area contributed by atoms with Gasteiger partial charge in [0.05, 0.1) is 77.4 Å². The number of morpholine rings is 1. The summed E-state index contributed by atoms with van der Waals surface area (Å²) in [6, 6.07) is 5.40. The number of nitrogens with one attached hydrogen (secondary N) is 2. The first-order valence-electron chi connectivity index (χ1n) is 12.7. The van der Waals surface area contributed by atoms with E-state index in [2.05, 4.69) is 25.7 Å². The number of rotatable bonds is 8. The van der Waals surface area contributed by atoms with Crippen LogP contribution in [0.2, 0.25) is 0 Å². The summed E-state index contributed by atoms with van der Waals surface area (Å²) >= 11 is 1.40. The van der Waals surface area contributed by atoms with Gasteiger partial charge in [-0.3, -0.25) is 19.5 Å². The van der Waals surface area contributed by atoms with Gasteiger partial charge in [-0.2, -0.15) is 5.10 Å². The van der Waals surface area contributed by atoms with Crippen LogP contribution in [0.3, 0.4) is 0 Å². The van der Waals surface area contributed by atoms with Gasteiger partial charge >= 0.3 is 0 Å². The summed E-state index contributed by atoms with van der Waals surface area (Å²) in [5, 5.41) is 19.6. The van der Waals surface area contributed by atoms with Gasteiger partial charge in [0.2, 0.25) is 11.8 Å². The van der Waals surface area contributed by atoms with Crippen molar-refractivity contribution in [1.29, 1.82) is 0 Å². The minimum atomic E-state index is -0.471. The molecule has 210 valence electrons. The Morgan fingerprint density at radius 1 is 1.27 bits per heavy atom. The molecule has 4 aromatic heterocycles. The lowest BCUT2D eigenvalue weighted by Crippen LogP contribution is -2.55. The number of hydrogen-bond donors (Lipinski definition) is 3. The molecule has 1 aliphatic heterocycles. The maximum Gasteiger partial charge on any atom is 0.260 e. The van der Waals surface area contributed by atoms with E-state index in [-0.39, 0.29) is 31.1 Å². The predicted molar refractivity (Wildman–Crippen MR) is 151 cm³/mol. The Hall–Kier alpha value is -3.91. The summed E-state index contributed by atoms with van der Waals surface area (Å²) in [7, 11) is 1.56. The van der Waals surface area contributed by atoms with Gasteiger partial charge in [0.15, 0.2) is 0 Å². The van der Waals surface area contributed by atoms with Crippen LogP contribution in [-0.4, -0.2) is 86.5 Å². The zero-order valence-electron chi connectivity index (χ0n) is 22.7. The van der Waals surface area contributed by atoms with E-state index < -0.39 is 5.60 Å². The molecule has 1 aliphatic rings. The third-order valence-corrected chi connectivity index (χ3v) is 7.56. The fourth-order valence-corrected chi connectivity index (χ4v) is 5.84. The first-order chi connectivity index (χ1) is 19.2. The quantitative estimate of drug-likeness (QED) is 0.294. The molecule has 12 nitrogen and oxygen atoms in total. The molecule has 0 bridgehead atoms. The number of fused-ring (bicyclic) bond motifs is 1.